The number of carbonyl (C=O) groups excluding carboxylic acids is 2. The highest BCUT2D eigenvalue weighted by Gasteiger charge is 2.27. The number of para-hydroxylation sites is 2. The predicted octanol–water partition coefficient (Wildman–Crippen LogP) is 4.18. The Morgan fingerprint density at radius 2 is 1.56 bits per heavy atom. The first kappa shape index (κ1) is 24.7. The lowest BCUT2D eigenvalue weighted by Crippen LogP contribution is -2.38. The molecule has 1 heterocycles. The van der Waals surface area contributed by atoms with E-state index in [4.69, 9.17) is 4.42 Å². The van der Waals surface area contributed by atoms with Crippen molar-refractivity contribution in [2.75, 3.05) is 16.2 Å². The molecule has 0 bridgehead atoms. The number of halogens is 1. The molecule has 0 saturated carbocycles. The van der Waals surface area contributed by atoms with E-state index in [-0.39, 0.29) is 28.4 Å². The summed E-state index contributed by atoms with van der Waals surface area (Å²) in [6.07, 6.45) is 1.49. The van der Waals surface area contributed by atoms with Crippen molar-refractivity contribution in [1.82, 2.24) is 5.32 Å². The third kappa shape index (κ3) is 5.78. The zero-order valence-corrected chi connectivity index (χ0v) is 19.7. The van der Waals surface area contributed by atoms with Crippen molar-refractivity contribution in [3.05, 3.63) is 114 Å². The number of hydrogen-bond donors (Lipinski definition) is 2. The smallest absolute Gasteiger partial charge is 0.264 e. The highest BCUT2D eigenvalue weighted by molar-refractivity contribution is 7.92. The summed E-state index contributed by atoms with van der Waals surface area (Å²) in [5.41, 5.74) is 0.665. The number of nitrogens with one attached hydrogen (secondary N) is 2. The van der Waals surface area contributed by atoms with Crippen LogP contribution in [0.5, 0.6) is 0 Å². The highest BCUT2D eigenvalue weighted by Crippen LogP contribution is 2.24. The summed E-state index contributed by atoms with van der Waals surface area (Å²) in [6.45, 7) is -0.419. The Bertz CT molecular complexity index is 1440. The zero-order chi connectivity index (χ0) is 25.5. The molecular weight excluding hydrogens is 485 g/mol. The topological polar surface area (TPSA) is 109 Å². The number of nitrogens with zero attached hydrogens (tertiary/aromatic N) is 1. The average Bonchev–Trinajstić information content (AvgIpc) is 3.41. The lowest BCUT2D eigenvalue weighted by molar-refractivity contribution is -0.114. The molecule has 0 aliphatic carbocycles. The Hall–Kier alpha value is -4.44. The zero-order valence-electron chi connectivity index (χ0n) is 18.9. The molecule has 0 saturated heterocycles. The number of anilines is 2. The molecule has 4 rings (SSSR count). The average molecular weight is 508 g/mol. The molecule has 0 fully saturated rings. The van der Waals surface area contributed by atoms with Gasteiger partial charge in [-0.15, -0.1) is 0 Å². The van der Waals surface area contributed by atoms with Gasteiger partial charge in [0.15, 0.2) is 0 Å². The minimum Gasteiger partial charge on any atom is -0.467 e. The van der Waals surface area contributed by atoms with Crippen molar-refractivity contribution >= 4 is 33.2 Å². The summed E-state index contributed by atoms with van der Waals surface area (Å²) in [7, 11) is -4.20. The fourth-order valence-corrected chi connectivity index (χ4v) is 4.85. The van der Waals surface area contributed by atoms with Crippen molar-refractivity contribution in [2.24, 2.45) is 0 Å². The van der Waals surface area contributed by atoms with Crippen LogP contribution in [0.4, 0.5) is 15.8 Å². The maximum Gasteiger partial charge on any atom is 0.264 e. The summed E-state index contributed by atoms with van der Waals surface area (Å²) in [5, 5.41) is 5.34. The van der Waals surface area contributed by atoms with E-state index in [1.165, 1.54) is 12.3 Å². The van der Waals surface area contributed by atoms with Crippen LogP contribution in [0.15, 0.2) is 107 Å². The minimum atomic E-state index is -4.20. The van der Waals surface area contributed by atoms with Gasteiger partial charge in [0.05, 0.1) is 34.6 Å². The van der Waals surface area contributed by atoms with Crippen molar-refractivity contribution in [3.8, 4) is 0 Å². The molecular formula is C26H22FN3O5S. The van der Waals surface area contributed by atoms with E-state index >= 15 is 0 Å². The van der Waals surface area contributed by atoms with Crippen LogP contribution in [0.2, 0.25) is 0 Å². The van der Waals surface area contributed by atoms with Crippen LogP contribution in [0.25, 0.3) is 0 Å². The lowest BCUT2D eigenvalue weighted by Gasteiger charge is -2.24. The maximum atomic E-state index is 13.4. The molecule has 8 nitrogen and oxygen atoms in total. The molecule has 1 aromatic heterocycles. The Balaban J connectivity index is 1.55. The number of furan rings is 1. The van der Waals surface area contributed by atoms with Crippen molar-refractivity contribution in [2.45, 2.75) is 11.4 Å². The van der Waals surface area contributed by atoms with Crippen molar-refractivity contribution in [3.63, 3.8) is 0 Å². The molecule has 0 aliphatic rings. The molecule has 10 heteroatoms. The molecule has 36 heavy (non-hydrogen) atoms. The van der Waals surface area contributed by atoms with Gasteiger partial charge < -0.3 is 15.1 Å². The first-order valence-electron chi connectivity index (χ1n) is 10.9. The van der Waals surface area contributed by atoms with Crippen molar-refractivity contribution < 1.29 is 26.8 Å². The Labute approximate surface area is 207 Å². The highest BCUT2D eigenvalue weighted by atomic mass is 32.2. The monoisotopic (exact) mass is 507 g/mol. The predicted molar refractivity (Wildman–Crippen MR) is 132 cm³/mol. The van der Waals surface area contributed by atoms with Gasteiger partial charge in [-0.3, -0.25) is 13.9 Å². The van der Waals surface area contributed by atoms with Gasteiger partial charge >= 0.3 is 0 Å². The van der Waals surface area contributed by atoms with E-state index in [0.29, 0.717) is 5.76 Å². The molecule has 4 aromatic rings. The van der Waals surface area contributed by atoms with Gasteiger partial charge in [0, 0.05) is 0 Å². The number of carbonyl (C=O) groups is 2. The van der Waals surface area contributed by atoms with Crippen LogP contribution in [0.3, 0.4) is 0 Å². The molecule has 0 aliphatic heterocycles. The van der Waals surface area contributed by atoms with Gasteiger partial charge in [-0.1, -0.05) is 30.3 Å². The van der Waals surface area contributed by atoms with E-state index in [1.54, 1.807) is 60.7 Å². The first-order chi connectivity index (χ1) is 17.3. The van der Waals surface area contributed by atoms with E-state index < -0.39 is 34.2 Å². The molecule has 0 radical (unpaired) electrons. The van der Waals surface area contributed by atoms with E-state index in [1.807, 2.05) is 0 Å². The molecule has 0 unspecified atom stereocenters. The molecule has 184 valence electrons. The number of sulfonamides is 1. The standard InChI is InChI=1S/C26H22FN3O5S/c27-19-12-14-22(15-13-19)36(33,34)30(20-7-2-1-3-8-20)18-25(31)29-24-11-5-4-10-23(24)26(32)28-17-21-9-6-16-35-21/h1-16H,17-18H2,(H,28,32)(H,29,31). The maximum absolute atomic E-state index is 13.4. The Kier molecular flexibility index (Phi) is 7.45. The number of rotatable bonds is 9. The summed E-state index contributed by atoms with van der Waals surface area (Å²) >= 11 is 0. The summed E-state index contributed by atoms with van der Waals surface area (Å²) in [6, 6.07) is 22.2. The SMILES string of the molecule is O=C(CN(c1ccccc1)S(=O)(=O)c1ccc(F)cc1)Nc1ccccc1C(=O)NCc1ccco1. The van der Waals surface area contributed by atoms with Crippen LogP contribution < -0.4 is 14.9 Å². The Morgan fingerprint density at radius 1 is 0.861 bits per heavy atom. The van der Waals surface area contributed by atoms with Gasteiger partial charge in [0.1, 0.15) is 18.1 Å². The third-order valence-electron chi connectivity index (χ3n) is 5.18. The van der Waals surface area contributed by atoms with Crippen LogP contribution >= 0.6 is 0 Å². The summed E-state index contributed by atoms with van der Waals surface area (Å²) < 4.78 is 46.2. The van der Waals surface area contributed by atoms with E-state index in [0.717, 1.165) is 28.6 Å². The molecule has 0 spiro atoms. The Morgan fingerprint density at radius 3 is 2.25 bits per heavy atom. The second-order valence-electron chi connectivity index (χ2n) is 7.66. The number of benzene rings is 3. The number of hydrogen-bond acceptors (Lipinski definition) is 5. The quantitative estimate of drug-likeness (QED) is 0.353. The van der Waals surface area contributed by atoms with Crippen LogP contribution in [-0.4, -0.2) is 26.8 Å². The van der Waals surface area contributed by atoms with E-state index in [9.17, 15) is 22.4 Å². The summed E-state index contributed by atoms with van der Waals surface area (Å²) in [5.74, 6) is -1.13. The largest absolute Gasteiger partial charge is 0.467 e. The first-order valence-corrected chi connectivity index (χ1v) is 12.3. The van der Waals surface area contributed by atoms with Gasteiger partial charge in [-0.2, -0.15) is 0 Å². The van der Waals surface area contributed by atoms with E-state index in [2.05, 4.69) is 10.6 Å². The summed E-state index contributed by atoms with van der Waals surface area (Å²) in [4.78, 5) is 25.6. The van der Waals surface area contributed by atoms with Crippen molar-refractivity contribution in [1.29, 1.82) is 0 Å². The van der Waals surface area contributed by atoms with Gasteiger partial charge in [-0.05, 0) is 60.7 Å². The van der Waals surface area contributed by atoms with Gasteiger partial charge in [0.2, 0.25) is 5.91 Å². The second-order valence-corrected chi connectivity index (χ2v) is 9.52. The lowest BCUT2D eigenvalue weighted by atomic mass is 10.1. The fraction of sp³-hybridized carbons (Fsp3) is 0.0769. The molecule has 2 amide bonds. The third-order valence-corrected chi connectivity index (χ3v) is 6.97. The van der Waals surface area contributed by atoms with Crippen LogP contribution in [0.1, 0.15) is 16.1 Å². The molecule has 0 atom stereocenters. The van der Waals surface area contributed by atoms with Gasteiger partial charge in [0.25, 0.3) is 15.9 Å². The van der Waals surface area contributed by atoms with Crippen LogP contribution in [-0.2, 0) is 21.4 Å². The minimum absolute atomic E-state index is 0.159. The van der Waals surface area contributed by atoms with Gasteiger partial charge in [-0.25, -0.2) is 12.8 Å². The number of amides is 2. The normalized spacial score (nSPS) is 11.0. The van der Waals surface area contributed by atoms with Crippen LogP contribution in [0, 0.1) is 5.82 Å². The molecule has 2 N–H and O–H groups in total. The molecule has 3 aromatic carbocycles. The fourth-order valence-electron chi connectivity index (χ4n) is 3.43. The second kappa shape index (κ2) is 10.9.